The minimum Gasteiger partial charge on any atom is -0.324 e. The average molecular weight is 343 g/mol. The molecule has 2 aromatic carbocycles. The molecule has 1 aromatic heterocycles. The number of hydrogen-bond acceptors (Lipinski definition) is 5. The van der Waals surface area contributed by atoms with Crippen molar-refractivity contribution in [3.05, 3.63) is 77.1 Å². The van der Waals surface area contributed by atoms with Crippen molar-refractivity contribution in [1.29, 1.82) is 5.26 Å². The summed E-state index contributed by atoms with van der Waals surface area (Å²) in [5, 5.41) is 14.9. The molecule has 1 heterocycles. The number of benzene rings is 2. The first-order chi connectivity index (χ1) is 12.6. The van der Waals surface area contributed by atoms with Gasteiger partial charge in [-0.3, -0.25) is 4.79 Å². The van der Waals surface area contributed by atoms with E-state index in [0.717, 1.165) is 5.69 Å². The summed E-state index contributed by atoms with van der Waals surface area (Å²) in [4.78, 5) is 20.7. The van der Waals surface area contributed by atoms with Crippen LogP contribution in [0.2, 0.25) is 0 Å². The maximum atomic E-state index is 12.3. The minimum absolute atomic E-state index is 0.309. The monoisotopic (exact) mass is 343 g/mol. The molecule has 0 radical (unpaired) electrons. The summed E-state index contributed by atoms with van der Waals surface area (Å²) >= 11 is 0. The lowest BCUT2D eigenvalue weighted by Crippen LogP contribution is -2.14. The minimum atomic E-state index is -0.370. The number of nitrogens with zero attached hydrogens (tertiary/aromatic N) is 3. The van der Waals surface area contributed by atoms with E-state index in [1.165, 1.54) is 23.5 Å². The number of nitrogens with one attached hydrogen (secondary N) is 2. The van der Waals surface area contributed by atoms with E-state index in [2.05, 4.69) is 20.6 Å². The van der Waals surface area contributed by atoms with Gasteiger partial charge >= 0.3 is 0 Å². The number of anilines is 3. The summed E-state index contributed by atoms with van der Waals surface area (Å²) in [5.74, 6) is 0.0349. The second-order valence-electron chi connectivity index (χ2n) is 5.83. The quantitative estimate of drug-likeness (QED) is 0.748. The second-order valence-corrected chi connectivity index (χ2v) is 5.83. The van der Waals surface area contributed by atoms with Crippen molar-refractivity contribution in [2.45, 2.75) is 13.8 Å². The first kappa shape index (κ1) is 17.1. The number of amides is 1. The number of carbonyl (C=O) groups excluding carboxylic acids is 1. The molecule has 0 unspecified atom stereocenters. The number of para-hydroxylation sites is 1. The van der Waals surface area contributed by atoms with Crippen LogP contribution in [0.3, 0.4) is 0 Å². The first-order valence-electron chi connectivity index (χ1n) is 8.03. The SMILES string of the molecule is Cc1ccc(Nc2ncc(C(=O)Nc3ccccc3C#N)cn2)cc1C. The normalized spacial score (nSPS) is 10.0. The Kier molecular flexibility index (Phi) is 4.90. The molecule has 0 spiro atoms. The van der Waals surface area contributed by atoms with Crippen molar-refractivity contribution < 1.29 is 4.79 Å². The molecule has 2 N–H and O–H groups in total. The van der Waals surface area contributed by atoms with Crippen LogP contribution in [0.4, 0.5) is 17.3 Å². The third-order valence-electron chi connectivity index (χ3n) is 3.97. The van der Waals surface area contributed by atoms with Crippen molar-refractivity contribution in [1.82, 2.24) is 9.97 Å². The summed E-state index contributed by atoms with van der Waals surface area (Å²) in [6.07, 6.45) is 2.89. The van der Waals surface area contributed by atoms with Gasteiger partial charge in [-0.05, 0) is 49.2 Å². The van der Waals surface area contributed by atoms with E-state index < -0.39 is 0 Å². The molecular formula is C20H17N5O. The van der Waals surface area contributed by atoms with Crippen LogP contribution in [-0.4, -0.2) is 15.9 Å². The molecule has 0 saturated heterocycles. The lowest BCUT2D eigenvalue weighted by atomic mass is 10.1. The molecule has 0 aliphatic heterocycles. The van der Waals surface area contributed by atoms with Gasteiger partial charge in [0.1, 0.15) is 6.07 Å². The van der Waals surface area contributed by atoms with E-state index in [1.54, 1.807) is 24.3 Å². The average Bonchev–Trinajstić information content (AvgIpc) is 2.66. The number of rotatable bonds is 4. The smallest absolute Gasteiger partial charge is 0.258 e. The van der Waals surface area contributed by atoms with Gasteiger partial charge < -0.3 is 10.6 Å². The van der Waals surface area contributed by atoms with Gasteiger partial charge in [-0.15, -0.1) is 0 Å². The number of aromatic nitrogens is 2. The first-order valence-corrected chi connectivity index (χ1v) is 8.03. The molecule has 0 aliphatic carbocycles. The Hall–Kier alpha value is -3.72. The fourth-order valence-corrected chi connectivity index (χ4v) is 2.34. The fraction of sp³-hybridized carbons (Fsp3) is 0.100. The molecule has 0 fully saturated rings. The Morgan fingerprint density at radius 1 is 1.04 bits per heavy atom. The highest BCUT2D eigenvalue weighted by Crippen LogP contribution is 2.18. The maximum Gasteiger partial charge on any atom is 0.258 e. The summed E-state index contributed by atoms with van der Waals surface area (Å²) in [6, 6.07) is 14.8. The van der Waals surface area contributed by atoms with Crippen LogP contribution >= 0.6 is 0 Å². The summed E-state index contributed by atoms with van der Waals surface area (Å²) in [6.45, 7) is 4.08. The van der Waals surface area contributed by atoms with Gasteiger partial charge in [-0.2, -0.15) is 5.26 Å². The highest BCUT2D eigenvalue weighted by atomic mass is 16.1. The van der Waals surface area contributed by atoms with Crippen LogP contribution in [0, 0.1) is 25.2 Å². The summed E-state index contributed by atoms with van der Waals surface area (Å²) in [5.41, 5.74) is 4.42. The topological polar surface area (TPSA) is 90.7 Å². The number of nitriles is 1. The molecule has 0 atom stereocenters. The van der Waals surface area contributed by atoms with Crippen LogP contribution in [0.15, 0.2) is 54.9 Å². The van der Waals surface area contributed by atoms with E-state index in [4.69, 9.17) is 5.26 Å². The zero-order valence-electron chi connectivity index (χ0n) is 14.4. The second kappa shape index (κ2) is 7.45. The van der Waals surface area contributed by atoms with E-state index in [1.807, 2.05) is 38.1 Å². The highest BCUT2D eigenvalue weighted by molar-refractivity contribution is 6.04. The van der Waals surface area contributed by atoms with Gasteiger partial charge in [0.2, 0.25) is 5.95 Å². The van der Waals surface area contributed by atoms with Crippen molar-refractivity contribution in [2.24, 2.45) is 0 Å². The molecule has 6 nitrogen and oxygen atoms in total. The van der Waals surface area contributed by atoms with Gasteiger partial charge in [0.15, 0.2) is 0 Å². The van der Waals surface area contributed by atoms with E-state index >= 15 is 0 Å². The predicted octanol–water partition coefficient (Wildman–Crippen LogP) is 3.96. The Labute approximate surface area is 151 Å². The molecule has 0 bridgehead atoms. The van der Waals surface area contributed by atoms with Gasteiger partial charge in [0, 0.05) is 18.1 Å². The van der Waals surface area contributed by atoms with Crippen LogP contribution in [-0.2, 0) is 0 Å². The summed E-state index contributed by atoms with van der Waals surface area (Å²) in [7, 11) is 0. The molecule has 26 heavy (non-hydrogen) atoms. The maximum absolute atomic E-state index is 12.3. The third-order valence-corrected chi connectivity index (χ3v) is 3.97. The number of carbonyl (C=O) groups is 1. The molecule has 3 rings (SSSR count). The predicted molar refractivity (Wildman–Crippen MR) is 100 cm³/mol. The fourth-order valence-electron chi connectivity index (χ4n) is 2.34. The van der Waals surface area contributed by atoms with E-state index in [-0.39, 0.29) is 5.91 Å². The van der Waals surface area contributed by atoms with Crippen molar-refractivity contribution in [3.8, 4) is 6.07 Å². The molecular weight excluding hydrogens is 326 g/mol. The Morgan fingerprint density at radius 2 is 1.77 bits per heavy atom. The molecule has 128 valence electrons. The van der Waals surface area contributed by atoms with Gasteiger partial charge in [0.25, 0.3) is 5.91 Å². The molecule has 3 aromatic rings. The summed E-state index contributed by atoms with van der Waals surface area (Å²) < 4.78 is 0. The van der Waals surface area contributed by atoms with Crippen molar-refractivity contribution in [3.63, 3.8) is 0 Å². The van der Waals surface area contributed by atoms with Crippen LogP contribution < -0.4 is 10.6 Å². The molecule has 6 heteroatoms. The standard InChI is InChI=1S/C20H17N5O/c1-13-7-8-17(9-14(13)2)24-20-22-11-16(12-23-20)19(26)25-18-6-4-3-5-15(18)10-21/h3-9,11-12H,1-2H3,(H,25,26)(H,22,23,24). The van der Waals surface area contributed by atoms with E-state index in [0.29, 0.717) is 22.8 Å². The molecule has 1 amide bonds. The van der Waals surface area contributed by atoms with Crippen molar-refractivity contribution >= 4 is 23.2 Å². The van der Waals surface area contributed by atoms with Gasteiger partial charge in [0.05, 0.1) is 16.8 Å². The Bertz CT molecular complexity index is 990. The van der Waals surface area contributed by atoms with Crippen molar-refractivity contribution in [2.75, 3.05) is 10.6 Å². The van der Waals surface area contributed by atoms with Crippen LogP contribution in [0.1, 0.15) is 27.0 Å². The molecule has 0 saturated carbocycles. The van der Waals surface area contributed by atoms with Crippen LogP contribution in [0.25, 0.3) is 0 Å². The zero-order chi connectivity index (χ0) is 18.5. The lowest BCUT2D eigenvalue weighted by molar-refractivity contribution is 0.102. The largest absolute Gasteiger partial charge is 0.324 e. The van der Waals surface area contributed by atoms with Gasteiger partial charge in [-0.1, -0.05) is 18.2 Å². The Balaban J connectivity index is 1.71. The number of hydrogen-bond donors (Lipinski definition) is 2. The van der Waals surface area contributed by atoms with E-state index in [9.17, 15) is 4.79 Å². The number of aryl methyl sites for hydroxylation is 2. The zero-order valence-corrected chi connectivity index (χ0v) is 14.4. The Morgan fingerprint density at radius 3 is 2.46 bits per heavy atom. The highest BCUT2D eigenvalue weighted by Gasteiger charge is 2.10. The third kappa shape index (κ3) is 3.84. The van der Waals surface area contributed by atoms with Gasteiger partial charge in [-0.25, -0.2) is 9.97 Å². The lowest BCUT2D eigenvalue weighted by Gasteiger charge is -2.09. The van der Waals surface area contributed by atoms with Crippen LogP contribution in [0.5, 0.6) is 0 Å². The molecule has 0 aliphatic rings.